The molecule has 1 amide bonds. The Hall–Kier alpha value is -2.40. The first-order valence-corrected chi connectivity index (χ1v) is 9.27. The lowest BCUT2D eigenvalue weighted by atomic mass is 9.90. The number of anilines is 2. The summed E-state index contributed by atoms with van der Waals surface area (Å²) < 4.78 is 14.1. The van der Waals surface area contributed by atoms with Crippen LogP contribution in [0.3, 0.4) is 0 Å². The SMILES string of the molecule is Cc1cc(F)c2c(c1)NC(C(=O)Nc1ccc(C3CCNCC3)cc1)C2. The van der Waals surface area contributed by atoms with E-state index in [0.717, 1.165) is 42.9 Å². The molecule has 0 radical (unpaired) electrons. The van der Waals surface area contributed by atoms with Crippen LogP contribution in [0.15, 0.2) is 36.4 Å². The monoisotopic (exact) mass is 353 g/mol. The third-order valence-corrected chi connectivity index (χ3v) is 5.38. The number of carbonyl (C=O) groups excluding carboxylic acids is 1. The average Bonchev–Trinajstić information content (AvgIpc) is 3.08. The number of hydrogen-bond acceptors (Lipinski definition) is 3. The van der Waals surface area contributed by atoms with Gasteiger partial charge in [0.1, 0.15) is 11.9 Å². The van der Waals surface area contributed by atoms with Crippen LogP contribution in [0.4, 0.5) is 15.8 Å². The zero-order valence-electron chi connectivity index (χ0n) is 14.9. The van der Waals surface area contributed by atoms with Gasteiger partial charge in [0.25, 0.3) is 0 Å². The normalized spacial score (nSPS) is 19.7. The molecule has 0 spiro atoms. The zero-order valence-corrected chi connectivity index (χ0v) is 14.9. The Bertz CT molecular complexity index is 813. The van der Waals surface area contributed by atoms with Crippen molar-refractivity contribution in [2.75, 3.05) is 23.7 Å². The molecular weight excluding hydrogens is 329 g/mol. The fourth-order valence-electron chi connectivity index (χ4n) is 3.93. The number of halogens is 1. The number of piperidine rings is 1. The first-order chi connectivity index (χ1) is 12.6. The van der Waals surface area contributed by atoms with E-state index < -0.39 is 6.04 Å². The largest absolute Gasteiger partial charge is 0.373 e. The highest BCUT2D eigenvalue weighted by Gasteiger charge is 2.29. The summed E-state index contributed by atoms with van der Waals surface area (Å²) in [5.41, 5.74) is 4.28. The molecule has 0 aromatic heterocycles. The van der Waals surface area contributed by atoms with Crippen molar-refractivity contribution < 1.29 is 9.18 Å². The van der Waals surface area contributed by atoms with E-state index in [-0.39, 0.29) is 11.7 Å². The second-order valence-corrected chi connectivity index (χ2v) is 7.31. The van der Waals surface area contributed by atoms with Gasteiger partial charge in [0.2, 0.25) is 5.91 Å². The van der Waals surface area contributed by atoms with Gasteiger partial charge < -0.3 is 16.0 Å². The van der Waals surface area contributed by atoms with Gasteiger partial charge in [-0.15, -0.1) is 0 Å². The molecular formula is C21H24FN3O. The van der Waals surface area contributed by atoms with Gasteiger partial charge in [-0.2, -0.15) is 0 Å². The summed E-state index contributed by atoms with van der Waals surface area (Å²) in [5, 5.41) is 9.46. The van der Waals surface area contributed by atoms with E-state index in [9.17, 15) is 9.18 Å². The van der Waals surface area contributed by atoms with Crippen molar-refractivity contribution in [1.82, 2.24) is 5.32 Å². The molecule has 0 bridgehead atoms. The second-order valence-electron chi connectivity index (χ2n) is 7.31. The van der Waals surface area contributed by atoms with Crippen LogP contribution in [0.25, 0.3) is 0 Å². The lowest BCUT2D eigenvalue weighted by molar-refractivity contribution is -0.116. The number of benzene rings is 2. The van der Waals surface area contributed by atoms with Crippen LogP contribution < -0.4 is 16.0 Å². The maximum Gasteiger partial charge on any atom is 0.247 e. The Morgan fingerprint density at radius 2 is 1.88 bits per heavy atom. The predicted octanol–water partition coefficient (Wildman–Crippen LogP) is 3.58. The van der Waals surface area contributed by atoms with Gasteiger partial charge in [-0.1, -0.05) is 12.1 Å². The summed E-state index contributed by atoms with van der Waals surface area (Å²) in [6.07, 6.45) is 2.68. The Morgan fingerprint density at radius 3 is 2.62 bits per heavy atom. The Kier molecular flexibility index (Phi) is 4.64. The molecule has 2 heterocycles. The molecule has 136 valence electrons. The number of nitrogens with one attached hydrogen (secondary N) is 3. The molecule has 2 aromatic carbocycles. The maximum absolute atomic E-state index is 14.1. The molecule has 2 aliphatic rings. The number of amides is 1. The molecule has 26 heavy (non-hydrogen) atoms. The second kappa shape index (κ2) is 7.08. The van der Waals surface area contributed by atoms with Crippen LogP contribution in [0.2, 0.25) is 0 Å². The van der Waals surface area contributed by atoms with E-state index >= 15 is 0 Å². The summed E-state index contributed by atoms with van der Waals surface area (Å²) in [7, 11) is 0. The van der Waals surface area contributed by atoms with Crippen molar-refractivity contribution >= 4 is 17.3 Å². The van der Waals surface area contributed by atoms with Crippen molar-refractivity contribution in [1.29, 1.82) is 0 Å². The minimum absolute atomic E-state index is 0.132. The average molecular weight is 353 g/mol. The van der Waals surface area contributed by atoms with Gasteiger partial charge in [-0.3, -0.25) is 4.79 Å². The van der Waals surface area contributed by atoms with Crippen molar-refractivity contribution in [2.24, 2.45) is 0 Å². The molecule has 1 saturated heterocycles. The Balaban J connectivity index is 1.40. The standard InChI is InChI=1S/C21H24FN3O/c1-13-10-18(22)17-12-20(25-19(17)11-13)21(26)24-16-4-2-14(3-5-16)15-6-8-23-9-7-15/h2-5,10-11,15,20,23,25H,6-9,12H2,1H3,(H,24,26). The third kappa shape index (κ3) is 3.44. The smallest absolute Gasteiger partial charge is 0.247 e. The number of carbonyl (C=O) groups is 1. The van der Waals surface area contributed by atoms with E-state index in [1.807, 2.05) is 25.1 Å². The highest BCUT2D eigenvalue weighted by molar-refractivity contribution is 5.98. The van der Waals surface area contributed by atoms with E-state index in [0.29, 0.717) is 17.9 Å². The molecule has 4 nitrogen and oxygen atoms in total. The van der Waals surface area contributed by atoms with E-state index in [1.54, 1.807) is 0 Å². The summed E-state index contributed by atoms with van der Waals surface area (Å²) in [4.78, 5) is 12.6. The minimum atomic E-state index is -0.439. The fourth-order valence-corrected chi connectivity index (χ4v) is 3.93. The van der Waals surface area contributed by atoms with Crippen molar-refractivity contribution in [3.8, 4) is 0 Å². The van der Waals surface area contributed by atoms with Crippen LogP contribution in [-0.4, -0.2) is 25.0 Å². The van der Waals surface area contributed by atoms with E-state index in [2.05, 4.69) is 28.1 Å². The third-order valence-electron chi connectivity index (χ3n) is 5.38. The molecule has 5 heteroatoms. The molecule has 1 fully saturated rings. The van der Waals surface area contributed by atoms with Gasteiger partial charge in [0.15, 0.2) is 0 Å². The highest BCUT2D eigenvalue weighted by atomic mass is 19.1. The number of rotatable bonds is 3. The molecule has 1 atom stereocenters. The summed E-state index contributed by atoms with van der Waals surface area (Å²) in [5.74, 6) is 0.222. The molecule has 4 rings (SSSR count). The van der Waals surface area contributed by atoms with Crippen LogP contribution in [0.1, 0.15) is 35.4 Å². The fraction of sp³-hybridized carbons (Fsp3) is 0.381. The Morgan fingerprint density at radius 1 is 1.15 bits per heavy atom. The lowest BCUT2D eigenvalue weighted by Crippen LogP contribution is -2.32. The molecule has 0 aliphatic carbocycles. The van der Waals surface area contributed by atoms with Gasteiger partial charge >= 0.3 is 0 Å². The van der Waals surface area contributed by atoms with Gasteiger partial charge in [0.05, 0.1) is 0 Å². The molecule has 2 aliphatic heterocycles. The summed E-state index contributed by atoms with van der Waals surface area (Å²) in [6.45, 7) is 3.97. The van der Waals surface area contributed by atoms with Gasteiger partial charge in [0, 0.05) is 23.4 Å². The molecule has 1 unspecified atom stereocenters. The van der Waals surface area contributed by atoms with E-state index in [4.69, 9.17) is 0 Å². The first-order valence-electron chi connectivity index (χ1n) is 9.27. The molecule has 2 aromatic rings. The van der Waals surface area contributed by atoms with Crippen molar-refractivity contribution in [2.45, 2.75) is 38.1 Å². The Labute approximate surface area is 153 Å². The minimum Gasteiger partial charge on any atom is -0.373 e. The van der Waals surface area contributed by atoms with Crippen molar-refractivity contribution in [3.05, 3.63) is 58.9 Å². The zero-order chi connectivity index (χ0) is 18.1. The van der Waals surface area contributed by atoms with Gasteiger partial charge in [-0.25, -0.2) is 4.39 Å². The number of fused-ring (bicyclic) bond motifs is 1. The van der Waals surface area contributed by atoms with Crippen molar-refractivity contribution in [3.63, 3.8) is 0 Å². The van der Waals surface area contributed by atoms with Crippen LogP contribution in [-0.2, 0) is 11.2 Å². The molecule has 0 saturated carbocycles. The van der Waals surface area contributed by atoms with E-state index in [1.165, 1.54) is 11.6 Å². The number of hydrogen-bond donors (Lipinski definition) is 3. The maximum atomic E-state index is 14.1. The van der Waals surface area contributed by atoms with Gasteiger partial charge in [-0.05, 0) is 74.2 Å². The summed E-state index contributed by atoms with van der Waals surface area (Å²) >= 11 is 0. The number of aryl methyl sites for hydroxylation is 1. The predicted molar refractivity (Wildman–Crippen MR) is 102 cm³/mol. The van der Waals surface area contributed by atoms with Crippen LogP contribution in [0.5, 0.6) is 0 Å². The van der Waals surface area contributed by atoms with Crippen LogP contribution >= 0.6 is 0 Å². The first kappa shape index (κ1) is 17.0. The highest BCUT2D eigenvalue weighted by Crippen LogP contribution is 2.30. The summed E-state index contributed by atoms with van der Waals surface area (Å²) in [6, 6.07) is 11.1. The quantitative estimate of drug-likeness (QED) is 0.791. The topological polar surface area (TPSA) is 53.2 Å². The van der Waals surface area contributed by atoms with Crippen LogP contribution in [0, 0.1) is 12.7 Å². The lowest BCUT2D eigenvalue weighted by Gasteiger charge is -2.23. The molecule has 3 N–H and O–H groups in total.